The van der Waals surface area contributed by atoms with Crippen LogP contribution in [-0.2, 0) is 4.74 Å². The van der Waals surface area contributed by atoms with Crippen LogP contribution in [-0.4, -0.2) is 12.4 Å². The van der Waals surface area contributed by atoms with Crippen molar-refractivity contribution in [2.75, 3.05) is 6.61 Å². The Labute approximate surface area is 76.8 Å². The molecule has 0 aromatic heterocycles. The van der Waals surface area contributed by atoms with Crippen LogP contribution >= 0.6 is 0 Å². The predicted molar refractivity (Wildman–Crippen MR) is 49.4 cm³/mol. The van der Waals surface area contributed by atoms with Crippen molar-refractivity contribution in [3.8, 4) is 0 Å². The molecular weight excluding hydrogens is 164 g/mol. The van der Waals surface area contributed by atoms with Crippen LogP contribution in [0.4, 0.5) is 0 Å². The highest BCUT2D eigenvalue weighted by Gasteiger charge is 2.15. The molecule has 2 rings (SSSR count). The monoisotopic (exact) mass is 174 g/mol. The minimum atomic E-state index is 0.0816. The number of benzene rings is 1. The van der Waals surface area contributed by atoms with Crippen molar-refractivity contribution >= 4 is 5.78 Å². The second-order valence-corrected chi connectivity index (χ2v) is 2.96. The van der Waals surface area contributed by atoms with Crippen molar-refractivity contribution in [2.45, 2.75) is 6.42 Å². The first kappa shape index (κ1) is 8.05. The fraction of sp³-hybridized carbons (Fsp3) is 0.182. The Balaban J connectivity index is 2.23. The van der Waals surface area contributed by atoms with E-state index in [9.17, 15) is 4.79 Å². The SMILES string of the molecule is O=C(C1=COCC1)c1ccccc1. The van der Waals surface area contributed by atoms with Gasteiger partial charge in [0.1, 0.15) is 0 Å². The van der Waals surface area contributed by atoms with Crippen LogP contribution in [0.15, 0.2) is 42.2 Å². The first-order chi connectivity index (χ1) is 6.38. The van der Waals surface area contributed by atoms with Crippen LogP contribution in [0.2, 0.25) is 0 Å². The zero-order chi connectivity index (χ0) is 9.10. The van der Waals surface area contributed by atoms with Gasteiger partial charge in [-0.25, -0.2) is 0 Å². The summed E-state index contributed by atoms with van der Waals surface area (Å²) in [7, 11) is 0. The highest BCUT2D eigenvalue weighted by Crippen LogP contribution is 2.16. The number of hydrogen-bond donors (Lipinski definition) is 0. The van der Waals surface area contributed by atoms with Crippen molar-refractivity contribution in [1.82, 2.24) is 0 Å². The number of ether oxygens (including phenoxy) is 1. The average Bonchev–Trinajstić information content (AvgIpc) is 2.71. The summed E-state index contributed by atoms with van der Waals surface area (Å²) in [6, 6.07) is 9.27. The summed E-state index contributed by atoms with van der Waals surface area (Å²) >= 11 is 0. The topological polar surface area (TPSA) is 26.3 Å². The number of hydrogen-bond acceptors (Lipinski definition) is 2. The molecule has 1 heterocycles. The third kappa shape index (κ3) is 1.61. The van der Waals surface area contributed by atoms with Crippen LogP contribution in [0.1, 0.15) is 16.8 Å². The van der Waals surface area contributed by atoms with E-state index in [-0.39, 0.29) is 5.78 Å². The molecule has 1 aromatic carbocycles. The van der Waals surface area contributed by atoms with Crippen molar-refractivity contribution in [1.29, 1.82) is 0 Å². The maximum Gasteiger partial charge on any atom is 0.192 e. The van der Waals surface area contributed by atoms with Gasteiger partial charge in [0.2, 0.25) is 0 Å². The Morgan fingerprint density at radius 1 is 1.23 bits per heavy atom. The van der Waals surface area contributed by atoms with E-state index >= 15 is 0 Å². The molecule has 0 radical (unpaired) electrons. The van der Waals surface area contributed by atoms with E-state index in [0.29, 0.717) is 6.61 Å². The molecule has 66 valence electrons. The molecule has 0 unspecified atom stereocenters. The van der Waals surface area contributed by atoms with E-state index in [1.165, 1.54) is 0 Å². The Morgan fingerprint density at radius 3 is 2.62 bits per heavy atom. The average molecular weight is 174 g/mol. The number of carbonyl (C=O) groups excluding carboxylic acids is 1. The summed E-state index contributed by atoms with van der Waals surface area (Å²) in [5.41, 5.74) is 1.51. The number of rotatable bonds is 2. The van der Waals surface area contributed by atoms with Crippen molar-refractivity contribution in [3.05, 3.63) is 47.7 Å². The van der Waals surface area contributed by atoms with E-state index < -0.39 is 0 Å². The molecule has 0 aliphatic carbocycles. The normalized spacial score (nSPS) is 14.9. The van der Waals surface area contributed by atoms with Crippen LogP contribution in [0.25, 0.3) is 0 Å². The molecule has 1 aliphatic heterocycles. The fourth-order valence-electron chi connectivity index (χ4n) is 1.33. The van der Waals surface area contributed by atoms with Gasteiger partial charge in [0.05, 0.1) is 12.9 Å². The quantitative estimate of drug-likeness (QED) is 0.642. The highest BCUT2D eigenvalue weighted by molar-refractivity contribution is 6.08. The Hall–Kier alpha value is -1.57. The molecule has 0 spiro atoms. The summed E-state index contributed by atoms with van der Waals surface area (Å²) in [4.78, 5) is 11.7. The van der Waals surface area contributed by atoms with Crippen molar-refractivity contribution in [2.24, 2.45) is 0 Å². The van der Waals surface area contributed by atoms with Gasteiger partial charge in [-0.15, -0.1) is 0 Å². The van der Waals surface area contributed by atoms with Crippen molar-refractivity contribution in [3.63, 3.8) is 0 Å². The van der Waals surface area contributed by atoms with Gasteiger partial charge in [0, 0.05) is 17.6 Å². The lowest BCUT2D eigenvalue weighted by atomic mass is 10.0. The Bertz CT molecular complexity index is 338. The van der Waals surface area contributed by atoms with Crippen molar-refractivity contribution < 1.29 is 9.53 Å². The van der Waals surface area contributed by atoms with E-state index in [1.807, 2.05) is 30.3 Å². The fourth-order valence-corrected chi connectivity index (χ4v) is 1.33. The van der Waals surface area contributed by atoms with Gasteiger partial charge < -0.3 is 4.74 Å². The molecule has 0 N–H and O–H groups in total. The summed E-state index contributed by atoms with van der Waals surface area (Å²) in [6.45, 7) is 0.633. The van der Waals surface area contributed by atoms with Gasteiger partial charge in [0.25, 0.3) is 0 Å². The number of carbonyl (C=O) groups is 1. The van der Waals surface area contributed by atoms with Gasteiger partial charge in [0.15, 0.2) is 5.78 Å². The smallest absolute Gasteiger partial charge is 0.192 e. The van der Waals surface area contributed by atoms with Gasteiger partial charge in [-0.05, 0) is 0 Å². The molecule has 0 saturated carbocycles. The Morgan fingerprint density at radius 2 is 2.00 bits per heavy atom. The molecule has 2 heteroatoms. The van der Waals surface area contributed by atoms with E-state index in [1.54, 1.807) is 6.26 Å². The van der Waals surface area contributed by atoms with E-state index in [0.717, 1.165) is 17.6 Å². The maximum atomic E-state index is 11.7. The molecule has 1 aromatic rings. The number of Topliss-reactive ketones (excluding diaryl/α,β-unsaturated/α-hetero) is 1. The molecular formula is C11H10O2. The molecule has 0 atom stereocenters. The molecule has 0 bridgehead atoms. The zero-order valence-electron chi connectivity index (χ0n) is 7.19. The molecule has 0 saturated heterocycles. The zero-order valence-corrected chi connectivity index (χ0v) is 7.19. The first-order valence-electron chi connectivity index (χ1n) is 4.28. The molecule has 2 nitrogen and oxygen atoms in total. The third-order valence-electron chi connectivity index (χ3n) is 2.04. The highest BCUT2D eigenvalue weighted by atomic mass is 16.5. The summed E-state index contributed by atoms with van der Waals surface area (Å²) in [5.74, 6) is 0.0816. The molecule has 13 heavy (non-hydrogen) atoms. The molecule has 0 fully saturated rings. The van der Waals surface area contributed by atoms with Crippen LogP contribution in [0.5, 0.6) is 0 Å². The van der Waals surface area contributed by atoms with Gasteiger partial charge in [-0.3, -0.25) is 4.79 Å². The van der Waals surface area contributed by atoms with Crippen LogP contribution in [0, 0.1) is 0 Å². The molecule has 1 aliphatic rings. The Kier molecular flexibility index (Phi) is 2.13. The van der Waals surface area contributed by atoms with E-state index in [2.05, 4.69) is 0 Å². The lowest BCUT2D eigenvalue weighted by Crippen LogP contribution is -2.01. The minimum absolute atomic E-state index is 0.0816. The largest absolute Gasteiger partial charge is 0.500 e. The number of ketones is 1. The van der Waals surface area contributed by atoms with Gasteiger partial charge >= 0.3 is 0 Å². The lowest BCUT2D eigenvalue weighted by molar-refractivity contribution is 0.103. The minimum Gasteiger partial charge on any atom is -0.500 e. The summed E-state index contributed by atoms with van der Waals surface area (Å²) in [5, 5.41) is 0. The maximum absolute atomic E-state index is 11.7. The second-order valence-electron chi connectivity index (χ2n) is 2.96. The summed E-state index contributed by atoms with van der Waals surface area (Å²) < 4.78 is 5.02. The van der Waals surface area contributed by atoms with E-state index in [4.69, 9.17) is 4.74 Å². The standard InChI is InChI=1S/C11H10O2/c12-11(10-6-7-13-8-10)9-4-2-1-3-5-9/h1-5,8H,6-7H2. The first-order valence-corrected chi connectivity index (χ1v) is 4.28. The van der Waals surface area contributed by atoms with Crippen LogP contribution < -0.4 is 0 Å². The summed E-state index contributed by atoms with van der Waals surface area (Å²) in [6.07, 6.45) is 2.29. The van der Waals surface area contributed by atoms with Gasteiger partial charge in [-0.2, -0.15) is 0 Å². The van der Waals surface area contributed by atoms with Crippen LogP contribution in [0.3, 0.4) is 0 Å². The second kappa shape index (κ2) is 3.44. The van der Waals surface area contributed by atoms with Gasteiger partial charge in [-0.1, -0.05) is 30.3 Å². The molecule has 0 amide bonds. The lowest BCUT2D eigenvalue weighted by Gasteiger charge is -1.98. The third-order valence-corrected chi connectivity index (χ3v) is 2.04. The predicted octanol–water partition coefficient (Wildman–Crippen LogP) is 2.17.